The Bertz CT molecular complexity index is 830. The summed E-state index contributed by atoms with van der Waals surface area (Å²) in [7, 11) is 0. The molecular weight excluding hydrogens is 328 g/mol. The molecule has 0 aliphatic heterocycles. The average molecular weight is 345 g/mol. The van der Waals surface area contributed by atoms with Crippen LogP contribution in [0.3, 0.4) is 0 Å². The van der Waals surface area contributed by atoms with E-state index in [-0.39, 0.29) is 11.7 Å². The topological polar surface area (TPSA) is 68.3 Å². The first-order valence-corrected chi connectivity index (χ1v) is 7.94. The number of halogens is 1. The number of aromatic nitrogens is 1. The first-order chi connectivity index (χ1) is 11.5. The highest BCUT2D eigenvalue weighted by Gasteiger charge is 2.15. The van der Waals surface area contributed by atoms with Crippen LogP contribution in [0.4, 0.5) is 0 Å². The normalized spacial score (nSPS) is 10.8. The molecule has 0 aliphatic carbocycles. The van der Waals surface area contributed by atoms with Crippen molar-refractivity contribution in [1.82, 2.24) is 10.5 Å². The number of benzene rings is 1. The summed E-state index contributed by atoms with van der Waals surface area (Å²) in [6.07, 6.45) is 0.547. The number of aryl methyl sites for hydroxylation is 2. The van der Waals surface area contributed by atoms with E-state index in [4.69, 9.17) is 20.5 Å². The van der Waals surface area contributed by atoms with Crippen LogP contribution in [0.15, 0.2) is 45.3 Å². The van der Waals surface area contributed by atoms with Gasteiger partial charge in [0.1, 0.15) is 11.5 Å². The lowest BCUT2D eigenvalue weighted by Crippen LogP contribution is -2.22. The average Bonchev–Trinajstić information content (AvgIpc) is 3.16. The summed E-state index contributed by atoms with van der Waals surface area (Å²) in [5, 5.41) is 7.41. The molecule has 2 aromatic heterocycles. The fourth-order valence-electron chi connectivity index (χ4n) is 2.40. The minimum Gasteiger partial charge on any atom is -0.456 e. The van der Waals surface area contributed by atoms with Crippen LogP contribution in [-0.4, -0.2) is 11.1 Å². The Morgan fingerprint density at radius 1 is 1.17 bits per heavy atom. The van der Waals surface area contributed by atoms with E-state index in [1.54, 1.807) is 24.3 Å². The quantitative estimate of drug-likeness (QED) is 0.757. The van der Waals surface area contributed by atoms with Crippen molar-refractivity contribution in [2.75, 3.05) is 0 Å². The summed E-state index contributed by atoms with van der Waals surface area (Å²) >= 11 is 5.84. The molecule has 0 saturated heterocycles. The molecule has 0 saturated carbocycles. The Morgan fingerprint density at radius 2 is 1.92 bits per heavy atom. The Kier molecular flexibility index (Phi) is 4.71. The summed E-state index contributed by atoms with van der Waals surface area (Å²) < 4.78 is 10.8. The maximum Gasteiger partial charge on any atom is 0.287 e. The van der Waals surface area contributed by atoms with Crippen LogP contribution in [0.2, 0.25) is 5.02 Å². The summed E-state index contributed by atoms with van der Waals surface area (Å²) in [6, 6.07) is 10.8. The molecule has 0 bridgehead atoms. The van der Waals surface area contributed by atoms with Crippen LogP contribution in [0, 0.1) is 13.8 Å². The van der Waals surface area contributed by atoms with Crippen molar-refractivity contribution in [3.05, 3.63) is 75.5 Å². The first kappa shape index (κ1) is 16.3. The second kappa shape index (κ2) is 6.93. The van der Waals surface area contributed by atoms with E-state index < -0.39 is 0 Å². The SMILES string of the molecule is Cc1noc(C)c1Cc1ccc(C(=O)NCc2ccc(Cl)cc2)o1. The predicted octanol–water partition coefficient (Wildman–Crippen LogP) is 4.06. The maximum atomic E-state index is 12.2. The molecule has 1 aromatic carbocycles. The van der Waals surface area contributed by atoms with Gasteiger partial charge in [-0.2, -0.15) is 0 Å². The fraction of sp³-hybridized carbons (Fsp3) is 0.222. The Hall–Kier alpha value is -2.53. The van der Waals surface area contributed by atoms with Gasteiger partial charge in [-0.3, -0.25) is 4.79 Å². The highest BCUT2D eigenvalue weighted by Crippen LogP contribution is 2.19. The minimum absolute atomic E-state index is 0.255. The number of hydrogen-bond acceptors (Lipinski definition) is 4. The Balaban J connectivity index is 1.62. The molecule has 0 aliphatic rings. The number of carbonyl (C=O) groups is 1. The standard InChI is InChI=1S/C18H17ClN2O3/c1-11-16(12(2)24-21-11)9-15-7-8-17(23-15)18(22)20-10-13-3-5-14(19)6-4-13/h3-8H,9-10H2,1-2H3,(H,20,22). The van der Waals surface area contributed by atoms with Crippen molar-refractivity contribution >= 4 is 17.5 Å². The van der Waals surface area contributed by atoms with E-state index in [0.717, 1.165) is 22.6 Å². The third-order valence-electron chi connectivity index (χ3n) is 3.78. The van der Waals surface area contributed by atoms with Crippen LogP contribution in [-0.2, 0) is 13.0 Å². The van der Waals surface area contributed by atoms with Crippen LogP contribution < -0.4 is 5.32 Å². The molecule has 5 nitrogen and oxygen atoms in total. The lowest BCUT2D eigenvalue weighted by Gasteiger charge is -2.03. The van der Waals surface area contributed by atoms with Crippen molar-refractivity contribution in [3.8, 4) is 0 Å². The molecule has 24 heavy (non-hydrogen) atoms. The molecular formula is C18H17ClN2O3. The zero-order valence-corrected chi connectivity index (χ0v) is 14.2. The van der Waals surface area contributed by atoms with Gasteiger partial charge >= 0.3 is 0 Å². The van der Waals surface area contributed by atoms with Gasteiger partial charge in [0.2, 0.25) is 0 Å². The molecule has 3 rings (SSSR count). The number of nitrogens with zero attached hydrogens (tertiary/aromatic N) is 1. The second-order valence-corrected chi connectivity index (χ2v) is 5.99. The van der Waals surface area contributed by atoms with Gasteiger partial charge in [0.15, 0.2) is 5.76 Å². The first-order valence-electron chi connectivity index (χ1n) is 7.56. The summed E-state index contributed by atoms with van der Waals surface area (Å²) in [5.74, 6) is 1.49. The van der Waals surface area contributed by atoms with Crippen LogP contribution in [0.5, 0.6) is 0 Å². The molecule has 124 valence electrons. The van der Waals surface area contributed by atoms with Crippen LogP contribution in [0.25, 0.3) is 0 Å². The van der Waals surface area contributed by atoms with Gasteiger partial charge in [0.25, 0.3) is 5.91 Å². The molecule has 6 heteroatoms. The molecule has 0 atom stereocenters. The van der Waals surface area contributed by atoms with E-state index in [1.807, 2.05) is 26.0 Å². The minimum atomic E-state index is -0.255. The van der Waals surface area contributed by atoms with E-state index >= 15 is 0 Å². The Labute approximate surface area is 144 Å². The molecule has 0 radical (unpaired) electrons. The van der Waals surface area contributed by atoms with Gasteiger partial charge in [-0.1, -0.05) is 28.9 Å². The number of carbonyl (C=O) groups excluding carboxylic acids is 1. The maximum absolute atomic E-state index is 12.2. The molecule has 0 unspecified atom stereocenters. The highest BCUT2D eigenvalue weighted by molar-refractivity contribution is 6.30. The van der Waals surface area contributed by atoms with Gasteiger partial charge in [-0.25, -0.2) is 0 Å². The molecule has 3 aromatic rings. The van der Waals surface area contributed by atoms with Crippen LogP contribution >= 0.6 is 11.6 Å². The van der Waals surface area contributed by atoms with Gasteiger partial charge in [-0.05, 0) is 43.7 Å². The monoisotopic (exact) mass is 344 g/mol. The number of hydrogen-bond donors (Lipinski definition) is 1. The van der Waals surface area contributed by atoms with E-state index in [1.165, 1.54) is 0 Å². The number of furan rings is 1. The second-order valence-electron chi connectivity index (χ2n) is 5.55. The van der Waals surface area contributed by atoms with Gasteiger partial charge in [-0.15, -0.1) is 0 Å². The predicted molar refractivity (Wildman–Crippen MR) is 90.1 cm³/mol. The van der Waals surface area contributed by atoms with E-state index in [0.29, 0.717) is 23.7 Å². The van der Waals surface area contributed by atoms with Crippen molar-refractivity contribution in [2.24, 2.45) is 0 Å². The lowest BCUT2D eigenvalue weighted by atomic mass is 10.1. The summed E-state index contributed by atoms with van der Waals surface area (Å²) in [4.78, 5) is 12.2. The summed E-state index contributed by atoms with van der Waals surface area (Å²) in [5.41, 5.74) is 2.78. The van der Waals surface area contributed by atoms with Gasteiger partial charge < -0.3 is 14.3 Å². The largest absolute Gasteiger partial charge is 0.456 e. The smallest absolute Gasteiger partial charge is 0.287 e. The van der Waals surface area contributed by atoms with Crippen molar-refractivity contribution < 1.29 is 13.7 Å². The van der Waals surface area contributed by atoms with E-state index in [2.05, 4.69) is 10.5 Å². The summed E-state index contributed by atoms with van der Waals surface area (Å²) in [6.45, 7) is 4.16. The zero-order valence-electron chi connectivity index (χ0n) is 13.4. The molecule has 2 heterocycles. The third-order valence-corrected chi connectivity index (χ3v) is 4.04. The fourth-order valence-corrected chi connectivity index (χ4v) is 2.52. The lowest BCUT2D eigenvalue weighted by molar-refractivity contribution is 0.0921. The number of nitrogens with one attached hydrogen (secondary N) is 1. The molecule has 1 N–H and O–H groups in total. The van der Waals surface area contributed by atoms with Crippen molar-refractivity contribution in [2.45, 2.75) is 26.8 Å². The Morgan fingerprint density at radius 3 is 2.58 bits per heavy atom. The van der Waals surface area contributed by atoms with Gasteiger partial charge in [0, 0.05) is 23.6 Å². The number of rotatable bonds is 5. The zero-order chi connectivity index (χ0) is 17.1. The molecule has 0 spiro atoms. The molecule has 0 fully saturated rings. The molecule has 1 amide bonds. The highest BCUT2D eigenvalue weighted by atomic mass is 35.5. The number of amides is 1. The van der Waals surface area contributed by atoms with Crippen molar-refractivity contribution in [1.29, 1.82) is 0 Å². The van der Waals surface area contributed by atoms with Crippen molar-refractivity contribution in [3.63, 3.8) is 0 Å². The van der Waals surface area contributed by atoms with Gasteiger partial charge in [0.05, 0.1) is 5.69 Å². The third kappa shape index (κ3) is 3.68. The van der Waals surface area contributed by atoms with Crippen LogP contribution in [0.1, 0.15) is 38.9 Å². The van der Waals surface area contributed by atoms with E-state index in [9.17, 15) is 4.79 Å².